The molecule has 2 N–H and O–H groups in total. The van der Waals surface area contributed by atoms with Gasteiger partial charge in [0.15, 0.2) is 5.13 Å². The second-order valence-corrected chi connectivity index (χ2v) is 6.58. The van der Waals surface area contributed by atoms with E-state index >= 15 is 0 Å². The maximum absolute atomic E-state index is 12.1. The fourth-order valence-corrected chi connectivity index (χ4v) is 3.06. The minimum absolute atomic E-state index is 0.0836. The highest BCUT2D eigenvalue weighted by Gasteiger charge is 2.29. The summed E-state index contributed by atoms with van der Waals surface area (Å²) in [5, 5.41) is 6.16. The van der Waals surface area contributed by atoms with Crippen molar-refractivity contribution in [3.05, 3.63) is 11.1 Å². The van der Waals surface area contributed by atoms with Crippen LogP contribution < -0.4 is 5.73 Å². The monoisotopic (exact) mass is 325 g/mol. The number of hydrogen-bond donors (Lipinski definition) is 1. The first-order valence-corrected chi connectivity index (χ1v) is 8.57. The summed E-state index contributed by atoms with van der Waals surface area (Å²) < 4.78 is 5.04. The van der Waals surface area contributed by atoms with Gasteiger partial charge in [-0.3, -0.25) is 0 Å². The minimum atomic E-state index is -0.537. The molecular weight excluding hydrogens is 302 g/mol. The van der Waals surface area contributed by atoms with Gasteiger partial charge in [-0.15, -0.1) is 11.3 Å². The third-order valence-corrected chi connectivity index (χ3v) is 4.43. The van der Waals surface area contributed by atoms with Crippen molar-refractivity contribution >= 4 is 28.1 Å². The summed E-state index contributed by atoms with van der Waals surface area (Å²) in [5.74, 6) is -0.537. The van der Waals surface area contributed by atoms with Gasteiger partial charge < -0.3 is 15.3 Å². The molecule has 1 aliphatic rings. The summed E-state index contributed by atoms with van der Waals surface area (Å²) in [4.78, 5) is 21.9. The van der Waals surface area contributed by atoms with E-state index in [-0.39, 0.29) is 17.9 Å². The van der Waals surface area contributed by atoms with Crippen LogP contribution in [0.1, 0.15) is 58.1 Å². The fraction of sp³-hybridized carbons (Fsp3) is 0.667. The number of ether oxygens (including phenoxy) is 1. The van der Waals surface area contributed by atoms with Gasteiger partial charge in [-0.25, -0.2) is 9.78 Å². The number of nitrogens with two attached hydrogens (primary N) is 1. The Balaban J connectivity index is 2.18. The Morgan fingerprint density at radius 1 is 1.41 bits per heavy atom. The molecule has 6 nitrogen and oxygen atoms in total. The van der Waals surface area contributed by atoms with E-state index in [4.69, 9.17) is 15.3 Å². The predicted molar refractivity (Wildman–Crippen MR) is 86.9 cm³/mol. The minimum Gasteiger partial charge on any atom is -0.461 e. The lowest BCUT2D eigenvalue weighted by atomic mass is 9.97. The average molecular weight is 325 g/mol. The lowest BCUT2D eigenvalue weighted by Gasteiger charge is -2.25. The first-order chi connectivity index (χ1) is 10.5. The lowest BCUT2D eigenvalue weighted by Crippen LogP contribution is -2.28. The summed E-state index contributed by atoms with van der Waals surface area (Å²) in [6.07, 6.45) is 6.54. The number of aromatic nitrogens is 1. The van der Waals surface area contributed by atoms with Crippen molar-refractivity contribution in [1.29, 1.82) is 0 Å². The number of nitrogen functional groups attached to an aromatic ring is 1. The lowest BCUT2D eigenvalue weighted by molar-refractivity contribution is -0.135. The largest absolute Gasteiger partial charge is 0.461 e. The molecule has 0 bridgehead atoms. The normalized spacial score (nSPS) is 18.5. The fourth-order valence-electron chi connectivity index (χ4n) is 2.51. The zero-order valence-electron chi connectivity index (χ0n) is 13.1. The predicted octanol–water partition coefficient (Wildman–Crippen LogP) is 3.12. The van der Waals surface area contributed by atoms with E-state index < -0.39 is 5.97 Å². The number of hydrogen-bond acceptors (Lipinski definition) is 7. The van der Waals surface area contributed by atoms with E-state index in [2.05, 4.69) is 10.1 Å². The Hall–Kier alpha value is -1.63. The molecule has 1 aromatic heterocycles. The number of thiazole rings is 1. The molecule has 22 heavy (non-hydrogen) atoms. The van der Waals surface area contributed by atoms with Crippen LogP contribution in [-0.4, -0.2) is 28.9 Å². The standard InChI is InChI=1S/C15H23N3O3S/c1-3-20-13(19)12(11-10-22-14(16)17-11)18-21-15(2)8-6-4-5-7-9-15/h10H,3-9H2,1-2H3,(H2,16,17). The van der Waals surface area contributed by atoms with Gasteiger partial charge >= 0.3 is 5.97 Å². The van der Waals surface area contributed by atoms with Gasteiger partial charge in [0.05, 0.1) is 6.61 Å². The Kier molecular flexibility index (Phi) is 5.76. The molecule has 0 amide bonds. The Morgan fingerprint density at radius 3 is 2.64 bits per heavy atom. The van der Waals surface area contributed by atoms with Crippen molar-refractivity contribution in [2.45, 2.75) is 58.0 Å². The number of carbonyl (C=O) groups is 1. The van der Waals surface area contributed by atoms with Crippen LogP contribution in [0.5, 0.6) is 0 Å². The summed E-state index contributed by atoms with van der Waals surface area (Å²) >= 11 is 1.25. The molecule has 1 heterocycles. The van der Waals surface area contributed by atoms with Crippen LogP contribution in [0.4, 0.5) is 5.13 Å². The molecule has 0 aliphatic heterocycles. The second-order valence-electron chi connectivity index (χ2n) is 5.69. The van der Waals surface area contributed by atoms with Crippen LogP contribution in [0.2, 0.25) is 0 Å². The van der Waals surface area contributed by atoms with Crippen LogP contribution in [0.15, 0.2) is 10.5 Å². The van der Waals surface area contributed by atoms with Crippen LogP contribution in [-0.2, 0) is 14.4 Å². The summed E-state index contributed by atoms with van der Waals surface area (Å²) in [6, 6.07) is 0. The first kappa shape index (κ1) is 16.7. The highest BCUT2D eigenvalue weighted by molar-refractivity contribution is 7.13. The van der Waals surface area contributed by atoms with Crippen LogP contribution in [0.3, 0.4) is 0 Å². The molecule has 0 spiro atoms. The number of nitrogens with zero attached hydrogens (tertiary/aromatic N) is 2. The maximum Gasteiger partial charge on any atom is 0.362 e. The summed E-state index contributed by atoms with van der Waals surface area (Å²) in [6.45, 7) is 4.06. The molecule has 0 aromatic carbocycles. The quantitative estimate of drug-likeness (QED) is 0.389. The van der Waals surface area contributed by atoms with Crippen molar-refractivity contribution in [2.24, 2.45) is 5.16 Å². The average Bonchev–Trinajstić information content (AvgIpc) is 2.77. The molecule has 0 unspecified atom stereocenters. The number of rotatable bonds is 5. The summed E-state index contributed by atoms with van der Waals surface area (Å²) in [5.41, 5.74) is 5.78. The second kappa shape index (κ2) is 7.58. The Morgan fingerprint density at radius 2 is 2.09 bits per heavy atom. The molecule has 7 heteroatoms. The number of carbonyl (C=O) groups excluding carboxylic acids is 1. The molecule has 122 valence electrons. The van der Waals surface area contributed by atoms with E-state index in [0.717, 1.165) is 25.7 Å². The van der Waals surface area contributed by atoms with Crippen molar-refractivity contribution in [3.8, 4) is 0 Å². The SMILES string of the molecule is CCOC(=O)C(=NOC1(C)CCCCCC1)c1csc(N)n1. The molecule has 1 aromatic rings. The van der Waals surface area contributed by atoms with Gasteiger partial charge in [0, 0.05) is 5.38 Å². The van der Waals surface area contributed by atoms with E-state index in [1.54, 1.807) is 12.3 Å². The number of oxime groups is 1. The molecule has 0 radical (unpaired) electrons. The van der Waals surface area contributed by atoms with E-state index in [1.807, 2.05) is 6.92 Å². The van der Waals surface area contributed by atoms with Gasteiger partial charge in [-0.05, 0) is 39.5 Å². The van der Waals surface area contributed by atoms with E-state index in [0.29, 0.717) is 10.8 Å². The smallest absolute Gasteiger partial charge is 0.362 e. The van der Waals surface area contributed by atoms with Crippen LogP contribution in [0.25, 0.3) is 0 Å². The molecule has 1 aliphatic carbocycles. The Labute approximate surface area is 134 Å². The molecule has 2 rings (SSSR count). The van der Waals surface area contributed by atoms with Crippen LogP contribution >= 0.6 is 11.3 Å². The number of anilines is 1. The van der Waals surface area contributed by atoms with Gasteiger partial charge in [0.2, 0.25) is 5.71 Å². The van der Waals surface area contributed by atoms with E-state index in [9.17, 15) is 4.79 Å². The van der Waals surface area contributed by atoms with Crippen LogP contribution in [0, 0.1) is 0 Å². The topological polar surface area (TPSA) is 86.8 Å². The molecular formula is C15H23N3O3S. The third kappa shape index (κ3) is 4.43. The van der Waals surface area contributed by atoms with Gasteiger partial charge in [0.1, 0.15) is 11.3 Å². The molecule has 1 fully saturated rings. The van der Waals surface area contributed by atoms with Gasteiger partial charge in [-0.2, -0.15) is 0 Å². The van der Waals surface area contributed by atoms with Gasteiger partial charge in [0.25, 0.3) is 0 Å². The number of esters is 1. The zero-order valence-corrected chi connectivity index (χ0v) is 13.9. The van der Waals surface area contributed by atoms with Crippen molar-refractivity contribution in [3.63, 3.8) is 0 Å². The van der Waals surface area contributed by atoms with Crippen molar-refractivity contribution in [1.82, 2.24) is 4.98 Å². The van der Waals surface area contributed by atoms with E-state index in [1.165, 1.54) is 24.2 Å². The molecule has 1 saturated carbocycles. The zero-order chi connectivity index (χ0) is 16.0. The molecule has 0 saturated heterocycles. The van der Waals surface area contributed by atoms with Gasteiger partial charge in [-0.1, -0.05) is 18.0 Å². The van der Waals surface area contributed by atoms with Crippen molar-refractivity contribution < 1.29 is 14.4 Å². The first-order valence-electron chi connectivity index (χ1n) is 7.69. The third-order valence-electron chi connectivity index (χ3n) is 3.75. The highest BCUT2D eigenvalue weighted by atomic mass is 32.1. The Bertz CT molecular complexity index is 534. The maximum atomic E-state index is 12.1. The summed E-state index contributed by atoms with van der Waals surface area (Å²) in [7, 11) is 0. The molecule has 0 atom stereocenters. The van der Waals surface area contributed by atoms with Crippen molar-refractivity contribution in [2.75, 3.05) is 12.3 Å². The highest BCUT2D eigenvalue weighted by Crippen LogP contribution is 2.30.